The summed E-state index contributed by atoms with van der Waals surface area (Å²) in [6.45, 7) is 1.06. The van der Waals surface area contributed by atoms with Crippen LogP contribution >= 0.6 is 22.9 Å². The lowest BCUT2D eigenvalue weighted by Gasteiger charge is -1.97. The van der Waals surface area contributed by atoms with Crippen molar-refractivity contribution in [2.24, 2.45) is 0 Å². The van der Waals surface area contributed by atoms with Gasteiger partial charge in [0.2, 0.25) is 0 Å². The van der Waals surface area contributed by atoms with Crippen molar-refractivity contribution in [2.75, 3.05) is 13.6 Å². The van der Waals surface area contributed by atoms with Gasteiger partial charge in [0.15, 0.2) is 0 Å². The Morgan fingerprint density at radius 1 is 1.64 bits per heavy atom. The molecule has 0 radical (unpaired) electrons. The molecule has 0 saturated carbocycles. The van der Waals surface area contributed by atoms with Gasteiger partial charge in [0.05, 0.1) is 4.34 Å². The van der Waals surface area contributed by atoms with Crippen molar-refractivity contribution in [1.82, 2.24) is 5.32 Å². The molecule has 0 aliphatic carbocycles. The van der Waals surface area contributed by atoms with E-state index >= 15 is 0 Å². The lowest BCUT2D eigenvalue weighted by atomic mass is 10.2. The van der Waals surface area contributed by atoms with Gasteiger partial charge in [-0.15, -0.1) is 11.3 Å². The van der Waals surface area contributed by atoms with Crippen molar-refractivity contribution >= 4 is 22.9 Å². The van der Waals surface area contributed by atoms with Crippen molar-refractivity contribution in [3.05, 3.63) is 21.3 Å². The summed E-state index contributed by atoms with van der Waals surface area (Å²) >= 11 is 7.52. The summed E-state index contributed by atoms with van der Waals surface area (Å²) in [7, 11) is 1.97. The van der Waals surface area contributed by atoms with Crippen LogP contribution in [-0.4, -0.2) is 13.6 Å². The standard InChI is InChI=1S/C8H12ClNS/c1-10-5-2-3-7-4-6-11-8(7)9/h4,6,10H,2-3,5H2,1H3. The average Bonchev–Trinajstić information content (AvgIpc) is 2.37. The molecule has 0 amide bonds. The van der Waals surface area contributed by atoms with Gasteiger partial charge in [-0.25, -0.2) is 0 Å². The summed E-state index contributed by atoms with van der Waals surface area (Å²) in [6, 6.07) is 2.10. The average molecular weight is 190 g/mol. The lowest BCUT2D eigenvalue weighted by Crippen LogP contribution is -2.08. The SMILES string of the molecule is CNCCCc1ccsc1Cl. The van der Waals surface area contributed by atoms with Crippen LogP contribution < -0.4 is 5.32 Å². The molecule has 0 fully saturated rings. The first-order chi connectivity index (χ1) is 5.34. The quantitative estimate of drug-likeness (QED) is 0.718. The Hall–Kier alpha value is -0.0500. The number of thiophene rings is 1. The third-order valence-electron chi connectivity index (χ3n) is 1.57. The summed E-state index contributed by atoms with van der Waals surface area (Å²) < 4.78 is 0.945. The summed E-state index contributed by atoms with van der Waals surface area (Å²) in [5.41, 5.74) is 1.28. The predicted octanol–water partition coefficient (Wildman–Crippen LogP) is 2.55. The minimum absolute atomic E-state index is 0.945. The van der Waals surface area contributed by atoms with Gasteiger partial charge in [-0.3, -0.25) is 0 Å². The van der Waals surface area contributed by atoms with E-state index in [0.717, 1.165) is 23.7 Å². The molecule has 1 nitrogen and oxygen atoms in total. The first-order valence-electron chi connectivity index (χ1n) is 3.71. The van der Waals surface area contributed by atoms with Crippen LogP contribution in [0.5, 0.6) is 0 Å². The second-order valence-corrected chi connectivity index (χ2v) is 3.94. The van der Waals surface area contributed by atoms with Crippen LogP contribution in [0.15, 0.2) is 11.4 Å². The number of halogens is 1. The van der Waals surface area contributed by atoms with E-state index in [-0.39, 0.29) is 0 Å². The van der Waals surface area contributed by atoms with Crippen molar-refractivity contribution in [1.29, 1.82) is 0 Å². The number of aryl methyl sites for hydroxylation is 1. The van der Waals surface area contributed by atoms with Gasteiger partial charge in [-0.05, 0) is 43.4 Å². The molecule has 1 N–H and O–H groups in total. The zero-order chi connectivity index (χ0) is 8.10. The summed E-state index contributed by atoms with van der Waals surface area (Å²) in [4.78, 5) is 0. The Bertz CT molecular complexity index is 210. The molecule has 0 aliphatic heterocycles. The molecule has 1 aromatic rings. The van der Waals surface area contributed by atoms with Gasteiger partial charge in [-0.1, -0.05) is 11.6 Å². The Labute approximate surface area is 76.4 Å². The highest BCUT2D eigenvalue weighted by Crippen LogP contribution is 2.23. The topological polar surface area (TPSA) is 12.0 Å². The Kier molecular flexibility index (Phi) is 3.91. The zero-order valence-electron chi connectivity index (χ0n) is 6.56. The highest BCUT2D eigenvalue weighted by molar-refractivity contribution is 7.14. The predicted molar refractivity (Wildman–Crippen MR) is 51.6 cm³/mol. The summed E-state index contributed by atoms with van der Waals surface area (Å²) in [5.74, 6) is 0. The van der Waals surface area contributed by atoms with Gasteiger partial charge >= 0.3 is 0 Å². The van der Waals surface area contributed by atoms with Crippen molar-refractivity contribution in [2.45, 2.75) is 12.8 Å². The third kappa shape index (κ3) is 2.81. The normalized spacial score (nSPS) is 10.4. The monoisotopic (exact) mass is 189 g/mol. The molecule has 3 heteroatoms. The number of hydrogen-bond acceptors (Lipinski definition) is 2. The summed E-state index contributed by atoms with van der Waals surface area (Å²) in [5, 5.41) is 5.15. The smallest absolute Gasteiger partial charge is 0.0960 e. The van der Waals surface area contributed by atoms with E-state index in [4.69, 9.17) is 11.6 Å². The maximum atomic E-state index is 5.92. The highest BCUT2D eigenvalue weighted by Gasteiger charge is 1.99. The van der Waals surface area contributed by atoms with E-state index < -0.39 is 0 Å². The van der Waals surface area contributed by atoms with E-state index in [9.17, 15) is 0 Å². The zero-order valence-corrected chi connectivity index (χ0v) is 8.13. The Morgan fingerprint density at radius 2 is 2.45 bits per heavy atom. The first kappa shape index (κ1) is 9.04. The van der Waals surface area contributed by atoms with Crippen LogP contribution in [0.4, 0.5) is 0 Å². The van der Waals surface area contributed by atoms with E-state index in [1.807, 2.05) is 12.4 Å². The van der Waals surface area contributed by atoms with Crippen LogP contribution in [-0.2, 0) is 6.42 Å². The van der Waals surface area contributed by atoms with Crippen molar-refractivity contribution in [3.63, 3.8) is 0 Å². The molecule has 11 heavy (non-hydrogen) atoms. The van der Waals surface area contributed by atoms with Crippen molar-refractivity contribution in [3.8, 4) is 0 Å². The fourth-order valence-corrected chi connectivity index (χ4v) is 1.94. The van der Waals surface area contributed by atoms with Gasteiger partial charge in [0.1, 0.15) is 0 Å². The molecular formula is C8H12ClNS. The fraction of sp³-hybridized carbons (Fsp3) is 0.500. The van der Waals surface area contributed by atoms with Gasteiger partial charge in [0, 0.05) is 0 Å². The lowest BCUT2D eigenvalue weighted by molar-refractivity contribution is 0.726. The van der Waals surface area contributed by atoms with Gasteiger partial charge in [-0.2, -0.15) is 0 Å². The molecule has 1 aromatic heterocycles. The molecular weight excluding hydrogens is 178 g/mol. The largest absolute Gasteiger partial charge is 0.320 e. The molecule has 1 rings (SSSR count). The minimum Gasteiger partial charge on any atom is -0.320 e. The van der Waals surface area contributed by atoms with Crippen LogP contribution in [0, 0.1) is 0 Å². The molecule has 0 saturated heterocycles. The minimum atomic E-state index is 0.945. The number of rotatable bonds is 4. The molecule has 1 heterocycles. The van der Waals surface area contributed by atoms with E-state index in [0.29, 0.717) is 0 Å². The van der Waals surface area contributed by atoms with Crippen LogP contribution in [0.25, 0.3) is 0 Å². The number of hydrogen-bond donors (Lipinski definition) is 1. The molecule has 0 atom stereocenters. The second kappa shape index (κ2) is 4.75. The second-order valence-electron chi connectivity index (χ2n) is 2.43. The fourth-order valence-electron chi connectivity index (χ4n) is 0.954. The van der Waals surface area contributed by atoms with Gasteiger partial charge in [0.25, 0.3) is 0 Å². The maximum Gasteiger partial charge on any atom is 0.0960 e. The Morgan fingerprint density at radius 3 is 3.00 bits per heavy atom. The number of nitrogens with one attached hydrogen (secondary N) is 1. The molecule has 62 valence electrons. The van der Waals surface area contributed by atoms with Crippen LogP contribution in [0.3, 0.4) is 0 Å². The van der Waals surface area contributed by atoms with E-state index in [1.54, 1.807) is 11.3 Å². The molecule has 0 aromatic carbocycles. The molecule has 0 spiro atoms. The highest BCUT2D eigenvalue weighted by atomic mass is 35.5. The van der Waals surface area contributed by atoms with E-state index in [2.05, 4.69) is 11.4 Å². The van der Waals surface area contributed by atoms with Crippen LogP contribution in [0.1, 0.15) is 12.0 Å². The Balaban J connectivity index is 2.32. The molecule has 0 bridgehead atoms. The first-order valence-corrected chi connectivity index (χ1v) is 4.97. The summed E-state index contributed by atoms with van der Waals surface area (Å²) in [6.07, 6.45) is 2.25. The van der Waals surface area contributed by atoms with Crippen molar-refractivity contribution < 1.29 is 0 Å². The van der Waals surface area contributed by atoms with Crippen LogP contribution in [0.2, 0.25) is 4.34 Å². The maximum absolute atomic E-state index is 5.92. The van der Waals surface area contributed by atoms with E-state index in [1.165, 1.54) is 5.56 Å². The third-order valence-corrected chi connectivity index (χ3v) is 2.82. The molecule has 0 aliphatic rings. The van der Waals surface area contributed by atoms with Gasteiger partial charge < -0.3 is 5.32 Å². The molecule has 0 unspecified atom stereocenters.